The van der Waals surface area contributed by atoms with Crippen LogP contribution in [-0.2, 0) is 4.79 Å². The summed E-state index contributed by atoms with van der Waals surface area (Å²) in [6.07, 6.45) is 5.74. The average molecular weight is 338 g/mol. The number of carbonyl (C=O) groups is 1. The summed E-state index contributed by atoms with van der Waals surface area (Å²) in [4.78, 5) is 11.3. The summed E-state index contributed by atoms with van der Waals surface area (Å²) < 4.78 is 36.2. The summed E-state index contributed by atoms with van der Waals surface area (Å²) in [6, 6.07) is 0. The molecule has 0 rings (SSSR count). The van der Waals surface area contributed by atoms with E-state index in [9.17, 15) is 18.0 Å². The van der Waals surface area contributed by atoms with Gasteiger partial charge in [-0.2, -0.15) is 13.2 Å². The van der Waals surface area contributed by atoms with E-state index in [1.54, 1.807) is 12.2 Å². The zero-order valence-corrected chi connectivity index (χ0v) is 13.7. The molecule has 1 N–H and O–H groups in total. The number of unbranched alkanes of at least 4 members (excludes halogenated alkanes) is 3. The highest BCUT2D eigenvalue weighted by molar-refractivity contribution is 6.30. The molecular formula is C16H23ClF3NO. The van der Waals surface area contributed by atoms with Crippen molar-refractivity contribution in [3.63, 3.8) is 0 Å². The molecular weight excluding hydrogens is 315 g/mol. The molecule has 0 saturated carbocycles. The minimum absolute atomic E-state index is 0.134. The molecule has 0 spiro atoms. The predicted molar refractivity (Wildman–Crippen MR) is 84.6 cm³/mol. The van der Waals surface area contributed by atoms with E-state index in [0.29, 0.717) is 25.3 Å². The summed E-state index contributed by atoms with van der Waals surface area (Å²) in [6.45, 7) is 4.67. The molecule has 2 nitrogen and oxygen atoms in total. The van der Waals surface area contributed by atoms with Gasteiger partial charge in [0.2, 0.25) is 5.91 Å². The van der Waals surface area contributed by atoms with Crippen LogP contribution in [0.2, 0.25) is 0 Å². The van der Waals surface area contributed by atoms with Crippen LogP contribution in [-0.4, -0.2) is 18.6 Å². The normalized spacial score (nSPS) is 13.5. The molecule has 0 saturated heterocycles. The monoisotopic (exact) mass is 337 g/mol. The number of nitrogens with one attached hydrogen (secondary N) is 1. The Morgan fingerprint density at radius 3 is 2.41 bits per heavy atom. The number of allylic oxidation sites excluding steroid dienone is 5. The van der Waals surface area contributed by atoms with Gasteiger partial charge in [-0.3, -0.25) is 4.79 Å². The Morgan fingerprint density at radius 1 is 1.18 bits per heavy atom. The first-order chi connectivity index (χ1) is 10.2. The Labute approximate surface area is 135 Å². The maximum absolute atomic E-state index is 12.1. The van der Waals surface area contributed by atoms with Gasteiger partial charge < -0.3 is 5.32 Å². The average Bonchev–Trinajstić information content (AvgIpc) is 2.41. The smallest absolute Gasteiger partial charge is 0.352 e. The summed E-state index contributed by atoms with van der Waals surface area (Å²) in [7, 11) is 0. The standard InChI is InChI=1S/C16H23ClF3NO/c1-13(2)12-21-15(22)11-9-7-5-3-4-6-8-10-14(17)16(18,19)20/h5,7,9-11,13H,3-4,6,8,12H2,1-2H3,(H,21,22)/b7-5+,11-9+,14-10?. The molecule has 0 aliphatic rings. The van der Waals surface area contributed by atoms with Crippen molar-refractivity contribution in [2.24, 2.45) is 5.92 Å². The molecule has 6 heteroatoms. The van der Waals surface area contributed by atoms with Crippen molar-refractivity contribution in [3.8, 4) is 0 Å². The second-order valence-electron chi connectivity index (χ2n) is 5.26. The largest absolute Gasteiger partial charge is 0.426 e. The summed E-state index contributed by atoms with van der Waals surface area (Å²) in [5.41, 5.74) is 0. The predicted octanol–water partition coefficient (Wildman–Crippen LogP) is 5.12. The van der Waals surface area contributed by atoms with E-state index < -0.39 is 11.2 Å². The van der Waals surface area contributed by atoms with E-state index in [1.165, 1.54) is 6.08 Å². The first-order valence-corrected chi connectivity index (χ1v) is 7.65. The van der Waals surface area contributed by atoms with Gasteiger partial charge in [-0.25, -0.2) is 0 Å². The highest BCUT2D eigenvalue weighted by Gasteiger charge is 2.31. The Bertz CT molecular complexity index is 412. The Hall–Kier alpha value is -1.23. The molecule has 0 radical (unpaired) electrons. The molecule has 0 fully saturated rings. The molecule has 0 aromatic heterocycles. The van der Waals surface area contributed by atoms with Gasteiger partial charge in [-0.05, 0) is 31.6 Å². The number of hydrogen-bond donors (Lipinski definition) is 1. The third kappa shape index (κ3) is 12.5. The van der Waals surface area contributed by atoms with Crippen LogP contribution in [0, 0.1) is 5.92 Å². The van der Waals surface area contributed by atoms with Crippen LogP contribution in [0.3, 0.4) is 0 Å². The van der Waals surface area contributed by atoms with Crippen LogP contribution in [0.4, 0.5) is 13.2 Å². The van der Waals surface area contributed by atoms with Gasteiger partial charge in [0.05, 0.1) is 0 Å². The Kier molecular flexibility index (Phi) is 10.7. The number of amides is 1. The van der Waals surface area contributed by atoms with Gasteiger partial charge >= 0.3 is 6.18 Å². The van der Waals surface area contributed by atoms with Gasteiger partial charge in [0, 0.05) is 12.6 Å². The van der Waals surface area contributed by atoms with Gasteiger partial charge in [0.15, 0.2) is 0 Å². The van der Waals surface area contributed by atoms with Gasteiger partial charge in [-0.1, -0.05) is 49.8 Å². The molecule has 0 aromatic carbocycles. The quantitative estimate of drug-likeness (QED) is 0.353. The van der Waals surface area contributed by atoms with Crippen molar-refractivity contribution in [3.05, 3.63) is 35.4 Å². The lowest BCUT2D eigenvalue weighted by Crippen LogP contribution is -2.25. The van der Waals surface area contributed by atoms with Crippen LogP contribution < -0.4 is 5.32 Å². The fourth-order valence-electron chi connectivity index (χ4n) is 1.43. The van der Waals surface area contributed by atoms with Crippen molar-refractivity contribution in [2.45, 2.75) is 45.7 Å². The first kappa shape index (κ1) is 20.8. The van der Waals surface area contributed by atoms with Crippen LogP contribution in [0.25, 0.3) is 0 Å². The third-order valence-corrected chi connectivity index (χ3v) is 2.97. The molecule has 0 unspecified atom stereocenters. The fourth-order valence-corrected chi connectivity index (χ4v) is 1.54. The maximum atomic E-state index is 12.1. The van der Waals surface area contributed by atoms with Crippen molar-refractivity contribution >= 4 is 17.5 Å². The van der Waals surface area contributed by atoms with Crippen molar-refractivity contribution in [1.29, 1.82) is 0 Å². The molecule has 126 valence electrons. The van der Waals surface area contributed by atoms with Gasteiger partial charge in [0.1, 0.15) is 5.03 Å². The lowest BCUT2D eigenvalue weighted by Gasteiger charge is -2.03. The number of carbonyl (C=O) groups excluding carboxylic acids is 1. The Balaban J connectivity index is 3.74. The van der Waals surface area contributed by atoms with Crippen molar-refractivity contribution in [2.75, 3.05) is 6.54 Å². The van der Waals surface area contributed by atoms with Crippen LogP contribution >= 0.6 is 11.6 Å². The summed E-state index contributed by atoms with van der Waals surface area (Å²) in [5.74, 6) is 0.276. The number of hydrogen-bond acceptors (Lipinski definition) is 1. The van der Waals surface area contributed by atoms with E-state index in [2.05, 4.69) is 5.32 Å². The van der Waals surface area contributed by atoms with Crippen molar-refractivity contribution in [1.82, 2.24) is 5.32 Å². The molecule has 0 aliphatic heterocycles. The summed E-state index contributed by atoms with van der Waals surface area (Å²) >= 11 is 5.09. The van der Waals surface area contributed by atoms with Crippen molar-refractivity contribution < 1.29 is 18.0 Å². The lowest BCUT2D eigenvalue weighted by molar-refractivity contribution is -0.116. The van der Waals surface area contributed by atoms with Crippen LogP contribution in [0.5, 0.6) is 0 Å². The van der Waals surface area contributed by atoms with Crippen LogP contribution in [0.15, 0.2) is 35.4 Å². The Morgan fingerprint density at radius 2 is 1.82 bits per heavy atom. The van der Waals surface area contributed by atoms with Gasteiger partial charge in [0.25, 0.3) is 0 Å². The first-order valence-electron chi connectivity index (χ1n) is 7.27. The SMILES string of the molecule is CC(C)CNC(=O)/C=C/C=C/CCCCC=C(Cl)C(F)(F)F. The highest BCUT2D eigenvalue weighted by Crippen LogP contribution is 2.29. The topological polar surface area (TPSA) is 29.1 Å². The van der Waals surface area contributed by atoms with Gasteiger partial charge in [-0.15, -0.1) is 0 Å². The minimum Gasteiger partial charge on any atom is -0.352 e. The maximum Gasteiger partial charge on any atom is 0.426 e. The second-order valence-corrected chi connectivity index (χ2v) is 5.67. The zero-order valence-electron chi connectivity index (χ0n) is 12.9. The lowest BCUT2D eigenvalue weighted by atomic mass is 10.2. The zero-order chi connectivity index (χ0) is 17.0. The van der Waals surface area contributed by atoms with E-state index in [-0.39, 0.29) is 5.91 Å². The van der Waals surface area contributed by atoms with E-state index in [1.807, 2.05) is 19.9 Å². The van der Waals surface area contributed by atoms with E-state index in [0.717, 1.165) is 18.9 Å². The third-order valence-electron chi connectivity index (χ3n) is 2.60. The molecule has 0 bridgehead atoms. The summed E-state index contributed by atoms with van der Waals surface area (Å²) in [5, 5.41) is 1.70. The van der Waals surface area contributed by atoms with Crippen LogP contribution in [0.1, 0.15) is 39.5 Å². The second kappa shape index (κ2) is 11.4. The molecule has 1 amide bonds. The number of alkyl halides is 3. The molecule has 0 atom stereocenters. The van der Waals surface area contributed by atoms with E-state index >= 15 is 0 Å². The van der Waals surface area contributed by atoms with E-state index in [4.69, 9.17) is 11.6 Å². The molecule has 0 aliphatic carbocycles. The molecule has 0 heterocycles. The molecule has 22 heavy (non-hydrogen) atoms. The molecule has 0 aromatic rings. The highest BCUT2D eigenvalue weighted by atomic mass is 35.5. The fraction of sp³-hybridized carbons (Fsp3) is 0.562. The number of rotatable bonds is 9. The minimum atomic E-state index is -4.44. The number of halogens is 4.